The van der Waals surface area contributed by atoms with E-state index in [1.165, 1.54) is 19.3 Å². The summed E-state index contributed by atoms with van der Waals surface area (Å²) in [5.41, 5.74) is 4.91. The summed E-state index contributed by atoms with van der Waals surface area (Å²) >= 11 is 0. The van der Waals surface area contributed by atoms with Gasteiger partial charge in [-0.3, -0.25) is 4.79 Å². The monoisotopic (exact) mass is 298 g/mol. The quantitative estimate of drug-likeness (QED) is 0.792. The van der Waals surface area contributed by atoms with Crippen molar-refractivity contribution in [2.75, 3.05) is 13.1 Å². The van der Waals surface area contributed by atoms with E-state index in [0.717, 1.165) is 12.8 Å². The number of rotatable bonds is 6. The topological polar surface area (TPSA) is 55.1 Å². The molecule has 0 aromatic rings. The van der Waals surface area contributed by atoms with Crippen molar-refractivity contribution in [3.05, 3.63) is 0 Å². The number of alkyl halides is 2. The molecule has 3 N–H and O–H groups in total. The van der Waals surface area contributed by atoms with Crippen LogP contribution in [0.1, 0.15) is 45.4 Å². The average molecular weight is 299 g/mol. The van der Waals surface area contributed by atoms with Crippen LogP contribution in [0.15, 0.2) is 0 Å². The number of carbonyl (C=O) groups excluding carboxylic acids is 1. The molecule has 0 aromatic heterocycles. The summed E-state index contributed by atoms with van der Waals surface area (Å²) in [6.07, 6.45) is 6.38. The average Bonchev–Trinajstić information content (AvgIpc) is 2.37. The normalized spacial score (nSPS) is 18.5. The molecular formula is C13H25ClF2N2O. The van der Waals surface area contributed by atoms with Gasteiger partial charge in [0.25, 0.3) is 5.92 Å². The van der Waals surface area contributed by atoms with Gasteiger partial charge in [-0.25, -0.2) is 8.78 Å². The largest absolute Gasteiger partial charge is 0.350 e. The van der Waals surface area contributed by atoms with Gasteiger partial charge < -0.3 is 11.1 Å². The van der Waals surface area contributed by atoms with Crippen molar-refractivity contribution in [3.63, 3.8) is 0 Å². The van der Waals surface area contributed by atoms with E-state index in [4.69, 9.17) is 5.73 Å². The molecule has 0 heterocycles. The van der Waals surface area contributed by atoms with Crippen molar-refractivity contribution in [2.24, 2.45) is 17.6 Å². The minimum Gasteiger partial charge on any atom is -0.350 e. The Morgan fingerprint density at radius 1 is 1.37 bits per heavy atom. The lowest BCUT2D eigenvalue weighted by Crippen LogP contribution is -2.42. The Morgan fingerprint density at radius 3 is 2.47 bits per heavy atom. The maximum Gasteiger partial charge on any atom is 0.277 e. The first kappa shape index (κ1) is 18.6. The molecule has 0 aromatic carbocycles. The molecule has 1 unspecified atom stereocenters. The Kier molecular flexibility index (Phi) is 8.50. The highest BCUT2D eigenvalue weighted by molar-refractivity contribution is 5.85. The zero-order valence-corrected chi connectivity index (χ0v) is 12.3. The summed E-state index contributed by atoms with van der Waals surface area (Å²) in [7, 11) is 0. The molecule has 1 aliphatic carbocycles. The standard InChI is InChI=1S/C13H24F2N2O.ClH/c1-10(11-5-3-2-4-6-11)7-12(18)17-9-13(14,15)8-16;/h10-11H,2-9,16H2,1H3,(H,17,18);1H. The maximum atomic E-state index is 12.9. The molecule has 114 valence electrons. The molecule has 0 saturated heterocycles. The molecule has 3 nitrogen and oxygen atoms in total. The predicted molar refractivity (Wildman–Crippen MR) is 74.6 cm³/mol. The van der Waals surface area contributed by atoms with Crippen LogP contribution in [0, 0.1) is 11.8 Å². The van der Waals surface area contributed by atoms with Gasteiger partial charge in [0.1, 0.15) is 0 Å². The fourth-order valence-electron chi connectivity index (χ4n) is 2.53. The molecule has 1 rings (SSSR count). The van der Waals surface area contributed by atoms with Crippen molar-refractivity contribution < 1.29 is 13.6 Å². The van der Waals surface area contributed by atoms with Gasteiger partial charge in [0, 0.05) is 6.42 Å². The van der Waals surface area contributed by atoms with Crippen LogP contribution in [0.2, 0.25) is 0 Å². The Labute approximate surface area is 120 Å². The van der Waals surface area contributed by atoms with Crippen molar-refractivity contribution in [1.82, 2.24) is 5.32 Å². The molecule has 0 radical (unpaired) electrons. The highest BCUT2D eigenvalue weighted by Crippen LogP contribution is 2.31. The van der Waals surface area contributed by atoms with E-state index < -0.39 is 19.0 Å². The smallest absolute Gasteiger partial charge is 0.277 e. The minimum absolute atomic E-state index is 0. The zero-order chi connectivity index (χ0) is 13.6. The fourth-order valence-corrected chi connectivity index (χ4v) is 2.53. The molecule has 1 saturated carbocycles. The third kappa shape index (κ3) is 7.06. The van der Waals surface area contributed by atoms with E-state index in [9.17, 15) is 13.6 Å². The van der Waals surface area contributed by atoms with E-state index in [1.807, 2.05) is 6.92 Å². The van der Waals surface area contributed by atoms with Crippen LogP contribution < -0.4 is 11.1 Å². The zero-order valence-electron chi connectivity index (χ0n) is 11.5. The van der Waals surface area contributed by atoms with Crippen molar-refractivity contribution in [2.45, 2.75) is 51.4 Å². The molecule has 1 atom stereocenters. The molecule has 1 fully saturated rings. The van der Waals surface area contributed by atoms with Gasteiger partial charge in [0.05, 0.1) is 13.1 Å². The molecule has 0 spiro atoms. The molecule has 1 aliphatic rings. The lowest BCUT2D eigenvalue weighted by molar-refractivity contribution is -0.124. The molecule has 6 heteroatoms. The van der Waals surface area contributed by atoms with E-state index in [-0.39, 0.29) is 24.2 Å². The number of nitrogens with two attached hydrogens (primary N) is 1. The van der Waals surface area contributed by atoms with Crippen molar-refractivity contribution in [3.8, 4) is 0 Å². The Morgan fingerprint density at radius 2 is 1.95 bits per heavy atom. The van der Waals surface area contributed by atoms with E-state index in [1.54, 1.807) is 0 Å². The van der Waals surface area contributed by atoms with Crippen LogP contribution in [0.5, 0.6) is 0 Å². The number of carbonyl (C=O) groups is 1. The van der Waals surface area contributed by atoms with Crippen LogP contribution in [0.3, 0.4) is 0 Å². The van der Waals surface area contributed by atoms with Crippen molar-refractivity contribution in [1.29, 1.82) is 0 Å². The molecular weight excluding hydrogens is 274 g/mol. The maximum absolute atomic E-state index is 12.9. The van der Waals surface area contributed by atoms with Gasteiger partial charge >= 0.3 is 0 Å². The number of hydrogen-bond donors (Lipinski definition) is 2. The van der Waals surface area contributed by atoms with Gasteiger partial charge in [-0.1, -0.05) is 39.0 Å². The number of hydrogen-bond acceptors (Lipinski definition) is 2. The SMILES string of the molecule is CC(CC(=O)NCC(F)(F)CN)C1CCCCC1.Cl. The molecule has 1 amide bonds. The summed E-state index contributed by atoms with van der Waals surface area (Å²) in [6, 6.07) is 0. The summed E-state index contributed by atoms with van der Waals surface area (Å²) in [4.78, 5) is 11.6. The Bertz CT molecular complexity index is 271. The molecule has 0 aliphatic heterocycles. The van der Waals surface area contributed by atoms with E-state index >= 15 is 0 Å². The van der Waals surface area contributed by atoms with Gasteiger partial charge in [-0.15, -0.1) is 12.4 Å². The van der Waals surface area contributed by atoms with Crippen LogP contribution in [-0.2, 0) is 4.79 Å². The number of nitrogens with one attached hydrogen (secondary N) is 1. The third-order valence-corrected chi connectivity index (χ3v) is 3.80. The lowest BCUT2D eigenvalue weighted by Gasteiger charge is -2.27. The first-order valence-corrected chi connectivity index (χ1v) is 6.79. The van der Waals surface area contributed by atoms with Gasteiger partial charge in [-0.2, -0.15) is 0 Å². The van der Waals surface area contributed by atoms with Crippen LogP contribution in [0.4, 0.5) is 8.78 Å². The fraction of sp³-hybridized carbons (Fsp3) is 0.923. The van der Waals surface area contributed by atoms with E-state index in [2.05, 4.69) is 5.32 Å². The summed E-state index contributed by atoms with van der Waals surface area (Å²) in [6.45, 7) is 0.655. The second-order valence-electron chi connectivity index (χ2n) is 5.42. The third-order valence-electron chi connectivity index (χ3n) is 3.80. The van der Waals surface area contributed by atoms with Gasteiger partial charge in [-0.05, 0) is 11.8 Å². The number of halogens is 3. The second kappa shape index (κ2) is 8.69. The molecule has 19 heavy (non-hydrogen) atoms. The van der Waals surface area contributed by atoms with Gasteiger partial charge in [0.2, 0.25) is 5.91 Å². The van der Waals surface area contributed by atoms with E-state index in [0.29, 0.717) is 12.3 Å². The summed E-state index contributed by atoms with van der Waals surface area (Å²) < 4.78 is 25.7. The highest BCUT2D eigenvalue weighted by Gasteiger charge is 2.28. The summed E-state index contributed by atoms with van der Waals surface area (Å²) in [5.74, 6) is -2.44. The highest BCUT2D eigenvalue weighted by atomic mass is 35.5. The Balaban J connectivity index is 0.00000324. The van der Waals surface area contributed by atoms with Crippen LogP contribution >= 0.6 is 12.4 Å². The lowest BCUT2D eigenvalue weighted by atomic mass is 9.79. The second-order valence-corrected chi connectivity index (χ2v) is 5.42. The summed E-state index contributed by atoms with van der Waals surface area (Å²) in [5, 5.41) is 2.27. The Hall–Kier alpha value is -0.420. The van der Waals surface area contributed by atoms with Crippen LogP contribution in [-0.4, -0.2) is 24.9 Å². The minimum atomic E-state index is -3.00. The first-order valence-electron chi connectivity index (χ1n) is 6.79. The van der Waals surface area contributed by atoms with Gasteiger partial charge in [0.15, 0.2) is 0 Å². The van der Waals surface area contributed by atoms with Crippen molar-refractivity contribution >= 4 is 18.3 Å². The molecule has 0 bridgehead atoms. The first-order chi connectivity index (χ1) is 8.44. The predicted octanol–water partition coefficient (Wildman–Crippen LogP) is 2.72. The van der Waals surface area contributed by atoms with Crippen LogP contribution in [0.25, 0.3) is 0 Å². The number of amides is 1.